The van der Waals surface area contributed by atoms with Crippen LogP contribution in [0.25, 0.3) is 0 Å². The normalized spacial score (nSPS) is 12.9. The van der Waals surface area contributed by atoms with Crippen LogP contribution in [0, 0.1) is 5.41 Å². The number of carbonyl (C=O) groups is 2. The van der Waals surface area contributed by atoms with Gasteiger partial charge in [-0.25, -0.2) is 9.59 Å². The first kappa shape index (κ1) is 22.3. The molecule has 0 aliphatic heterocycles. The molecule has 0 spiro atoms. The van der Waals surface area contributed by atoms with E-state index in [-0.39, 0.29) is 51.6 Å². The van der Waals surface area contributed by atoms with Crippen molar-refractivity contribution in [2.45, 2.75) is 38.7 Å². The van der Waals surface area contributed by atoms with Gasteiger partial charge < -0.3 is 12.7 Å². The predicted molar refractivity (Wildman–Crippen MR) is 85.5 cm³/mol. The number of benzene rings is 1. The molecule has 0 fully saturated rings. The number of carboxylic acid groups (broad SMARTS) is 1. The molecule has 0 aliphatic carbocycles. The zero-order chi connectivity index (χ0) is 17.3. The summed E-state index contributed by atoms with van der Waals surface area (Å²) in [5.74, 6) is -2.29. The van der Waals surface area contributed by atoms with Gasteiger partial charge in [-0.05, 0) is 30.5 Å². The third-order valence-corrected chi connectivity index (χ3v) is 4.02. The van der Waals surface area contributed by atoms with Crippen LogP contribution in [0.4, 0.5) is 0 Å². The first-order valence-electron chi connectivity index (χ1n) is 6.39. The number of carboxylic acids is 1. The van der Waals surface area contributed by atoms with E-state index in [0.717, 1.165) is 18.2 Å². The first-order valence-corrected chi connectivity index (χ1v) is 7.83. The number of hydrogen-bond donors (Lipinski definition) is 2. The summed E-state index contributed by atoms with van der Waals surface area (Å²) in [5, 5.41) is 8.96. The molecule has 0 saturated heterocycles. The fourth-order valence-corrected chi connectivity index (χ4v) is 1.95. The number of esters is 1. The summed E-state index contributed by atoms with van der Waals surface area (Å²) < 4.78 is 36.6. The van der Waals surface area contributed by atoms with Gasteiger partial charge in [-0.1, -0.05) is 20.8 Å². The van der Waals surface area contributed by atoms with Gasteiger partial charge in [0.05, 0.1) is 16.0 Å². The summed E-state index contributed by atoms with van der Waals surface area (Å²) in [5.41, 5.74) is -1.04. The van der Waals surface area contributed by atoms with Crippen LogP contribution in [-0.2, 0) is 14.9 Å². The van der Waals surface area contributed by atoms with Gasteiger partial charge >= 0.3 is 49.7 Å². The minimum atomic E-state index is -4.64. The van der Waals surface area contributed by atoms with Gasteiger partial charge in [0.2, 0.25) is 0 Å². The Balaban J connectivity index is -0.00000161. The molecule has 0 aromatic heterocycles. The smallest absolute Gasteiger partial charge is 1.00 e. The Labute approximate surface area is 167 Å². The number of rotatable bonds is 4. The fourth-order valence-electron chi connectivity index (χ4n) is 1.39. The van der Waals surface area contributed by atoms with Crippen LogP contribution >= 0.6 is 0 Å². The summed E-state index contributed by atoms with van der Waals surface area (Å²) >= 11 is 0. The van der Waals surface area contributed by atoms with E-state index in [1.807, 2.05) is 20.8 Å². The van der Waals surface area contributed by atoms with Crippen LogP contribution in [0.2, 0.25) is 0 Å². The van der Waals surface area contributed by atoms with Crippen LogP contribution in [0.3, 0.4) is 0 Å². The van der Waals surface area contributed by atoms with Crippen molar-refractivity contribution < 1.29 is 35.3 Å². The number of carbonyl (C=O) groups excluding carboxylic acids is 1. The molecule has 2 N–H and O–H groups in total. The molecule has 0 heterocycles. The van der Waals surface area contributed by atoms with Crippen LogP contribution < -0.4 is 0 Å². The van der Waals surface area contributed by atoms with Gasteiger partial charge in [0, 0.05) is 0 Å². The van der Waals surface area contributed by atoms with E-state index in [1.54, 1.807) is 6.92 Å². The van der Waals surface area contributed by atoms with E-state index < -0.39 is 38.6 Å². The van der Waals surface area contributed by atoms with Gasteiger partial charge in [0.25, 0.3) is 10.1 Å². The second-order valence-electron chi connectivity index (χ2n) is 5.94. The number of aromatic carboxylic acids is 1. The minimum absolute atomic E-state index is 0. The molecule has 0 saturated carbocycles. The average Bonchev–Trinajstić information content (AvgIpc) is 2.35. The van der Waals surface area contributed by atoms with E-state index >= 15 is 0 Å². The Morgan fingerprint density at radius 3 is 2.04 bits per heavy atom. The molecule has 126 valence electrons. The molecule has 9 heteroatoms. The quantitative estimate of drug-likeness (QED) is 0.472. The van der Waals surface area contributed by atoms with Crippen molar-refractivity contribution in [2.24, 2.45) is 5.41 Å². The molecule has 0 amide bonds. The maximum absolute atomic E-state index is 12.1. The van der Waals surface area contributed by atoms with Crippen LogP contribution in [-0.4, -0.2) is 73.9 Å². The van der Waals surface area contributed by atoms with E-state index in [9.17, 15) is 18.0 Å². The summed E-state index contributed by atoms with van der Waals surface area (Å²) in [7, 11) is -4.64. The van der Waals surface area contributed by atoms with Gasteiger partial charge in [-0.3, -0.25) is 4.55 Å². The molecule has 0 radical (unpaired) electrons. The topological polar surface area (TPSA) is 118 Å². The van der Waals surface area contributed by atoms with Crippen LogP contribution in [0.15, 0.2) is 23.1 Å². The maximum atomic E-state index is 12.1. The second kappa shape index (κ2) is 7.94. The monoisotopic (exact) mass is 372 g/mol. The number of hydrogen-bond acceptors (Lipinski definition) is 5. The molecule has 23 heavy (non-hydrogen) atoms. The number of ether oxygens (including phenoxy) is 1. The van der Waals surface area contributed by atoms with Crippen molar-refractivity contribution in [1.29, 1.82) is 0 Å². The van der Waals surface area contributed by atoms with E-state index in [2.05, 4.69) is 0 Å². The molecule has 0 bridgehead atoms. The predicted octanol–water partition coefficient (Wildman–Crippen LogP) is 2.07. The van der Waals surface area contributed by atoms with Crippen molar-refractivity contribution in [3.8, 4) is 0 Å². The summed E-state index contributed by atoms with van der Waals surface area (Å²) in [6, 6.07) is 2.63. The largest absolute Gasteiger partial charge is 2.00 e. The zero-order valence-electron chi connectivity index (χ0n) is 15.4. The van der Waals surface area contributed by atoms with Gasteiger partial charge in [0.15, 0.2) is 0 Å². The van der Waals surface area contributed by atoms with Gasteiger partial charge in [-0.2, -0.15) is 8.42 Å². The van der Waals surface area contributed by atoms with Crippen LogP contribution in [0.5, 0.6) is 0 Å². The summed E-state index contributed by atoms with van der Waals surface area (Å²) in [4.78, 5) is 22.4. The van der Waals surface area contributed by atoms with E-state index in [4.69, 9.17) is 14.4 Å². The Bertz CT molecular complexity index is 714. The van der Waals surface area contributed by atoms with Crippen molar-refractivity contribution in [3.05, 3.63) is 29.3 Å². The van der Waals surface area contributed by atoms with E-state index in [0.29, 0.717) is 0 Å². The Morgan fingerprint density at radius 2 is 1.65 bits per heavy atom. The Kier molecular flexibility index (Phi) is 7.70. The Morgan fingerprint density at radius 1 is 1.17 bits per heavy atom. The fraction of sp³-hybridized carbons (Fsp3) is 0.429. The summed E-state index contributed by atoms with van der Waals surface area (Å²) in [6.07, 6.45) is -0.484. The third-order valence-electron chi connectivity index (χ3n) is 3.19. The minimum Gasteiger partial charge on any atom is -1.00 e. The van der Waals surface area contributed by atoms with Crippen molar-refractivity contribution in [1.82, 2.24) is 0 Å². The summed E-state index contributed by atoms with van der Waals surface area (Å²) in [6.45, 7) is 7.22. The van der Waals surface area contributed by atoms with E-state index in [1.165, 1.54) is 0 Å². The molecule has 1 unspecified atom stereocenters. The van der Waals surface area contributed by atoms with Crippen LogP contribution in [0.1, 0.15) is 51.3 Å². The molecule has 1 aromatic rings. The molecule has 1 rings (SSSR count). The third kappa shape index (κ3) is 6.38. The molecule has 7 nitrogen and oxygen atoms in total. The second-order valence-corrected chi connectivity index (χ2v) is 7.36. The standard InChI is InChI=1S/C14H18O7S.Ca.2H/c1-8(14(2,3)4)21-13(17)10-5-9(12(15)16)6-11(7-10)22(18,19)20;;;/h5-8H,1-4H3,(H,15,16)(H,18,19,20);;;/q;+2;2*-1. The van der Waals surface area contributed by atoms with Crippen molar-refractivity contribution in [3.63, 3.8) is 0 Å². The maximum Gasteiger partial charge on any atom is 2.00 e. The first-order chi connectivity index (χ1) is 9.82. The molecular formula is C14H20CaO7S. The molecule has 0 aliphatic rings. The zero-order valence-corrected chi connectivity index (χ0v) is 16.4. The van der Waals surface area contributed by atoms with Gasteiger partial charge in [-0.15, -0.1) is 0 Å². The SMILES string of the molecule is CC(OC(=O)c1cc(C(=O)O)cc(S(=O)(=O)O)c1)C(C)(C)C.[Ca+2].[H-].[H-]. The van der Waals surface area contributed by atoms with Gasteiger partial charge in [0.1, 0.15) is 6.10 Å². The van der Waals surface area contributed by atoms with Crippen molar-refractivity contribution in [2.75, 3.05) is 0 Å². The average molecular weight is 372 g/mol. The molecule has 1 aromatic carbocycles. The molecular weight excluding hydrogens is 352 g/mol. The Hall–Kier alpha value is -0.670. The molecule has 1 atom stereocenters. The van der Waals surface area contributed by atoms with Crippen molar-refractivity contribution >= 4 is 59.8 Å².